The van der Waals surface area contributed by atoms with Gasteiger partial charge in [-0.05, 0) is 38.8 Å². The fourth-order valence-electron chi connectivity index (χ4n) is 2.67. The van der Waals surface area contributed by atoms with E-state index < -0.39 is 12.1 Å². The molecule has 0 unspecified atom stereocenters. The minimum absolute atomic E-state index is 0.00894. The predicted octanol–water partition coefficient (Wildman–Crippen LogP) is 0.302. The van der Waals surface area contributed by atoms with Crippen LogP contribution in [-0.4, -0.2) is 49.9 Å². The Morgan fingerprint density at radius 2 is 1.71 bits per heavy atom. The van der Waals surface area contributed by atoms with E-state index in [1.54, 1.807) is 0 Å². The molecule has 0 bridgehead atoms. The monoisotopic (exact) mass is 340 g/mol. The van der Waals surface area contributed by atoms with Gasteiger partial charge in [-0.15, -0.1) is 0 Å². The van der Waals surface area contributed by atoms with Gasteiger partial charge in [0.15, 0.2) is 0 Å². The van der Waals surface area contributed by atoms with Gasteiger partial charge in [0.05, 0.1) is 6.42 Å². The lowest BCUT2D eigenvalue weighted by molar-refractivity contribution is -0.138. The van der Waals surface area contributed by atoms with E-state index in [0.29, 0.717) is 18.9 Å². The molecular weight excluding hydrogens is 308 g/mol. The summed E-state index contributed by atoms with van der Waals surface area (Å²) in [5.74, 6) is -0.0176. The highest BCUT2D eigenvalue weighted by atomic mass is 16.2. The van der Waals surface area contributed by atoms with Crippen LogP contribution in [0.15, 0.2) is 0 Å². The van der Waals surface area contributed by atoms with E-state index >= 15 is 0 Å². The molecule has 1 rings (SSSR count). The first-order valence-electron chi connectivity index (χ1n) is 8.96. The van der Waals surface area contributed by atoms with Crippen LogP contribution in [0.25, 0.3) is 0 Å². The van der Waals surface area contributed by atoms with Crippen LogP contribution >= 0.6 is 0 Å². The van der Waals surface area contributed by atoms with E-state index in [4.69, 9.17) is 0 Å². The molecule has 0 radical (unpaired) electrons. The summed E-state index contributed by atoms with van der Waals surface area (Å²) in [7, 11) is 1.84. The van der Waals surface area contributed by atoms with Crippen molar-refractivity contribution in [1.29, 1.82) is 0 Å². The summed E-state index contributed by atoms with van der Waals surface area (Å²) in [6.07, 6.45) is 4.54. The Balaban J connectivity index is 2.27. The topological polar surface area (TPSA) is 99.3 Å². The molecule has 0 aromatic rings. The Morgan fingerprint density at radius 1 is 1.04 bits per heavy atom. The van der Waals surface area contributed by atoms with E-state index in [-0.39, 0.29) is 24.1 Å². The lowest BCUT2D eigenvalue weighted by Crippen LogP contribution is -2.62. The summed E-state index contributed by atoms with van der Waals surface area (Å²) < 4.78 is 0. The average molecular weight is 340 g/mol. The van der Waals surface area contributed by atoms with Gasteiger partial charge in [0.2, 0.25) is 17.7 Å². The van der Waals surface area contributed by atoms with Crippen molar-refractivity contribution in [3.63, 3.8) is 0 Å². The van der Waals surface area contributed by atoms with E-state index in [1.165, 1.54) is 0 Å². The van der Waals surface area contributed by atoms with Gasteiger partial charge in [-0.25, -0.2) is 0 Å². The second-order valence-electron chi connectivity index (χ2n) is 6.81. The molecule has 7 nitrogen and oxygen atoms in total. The third kappa shape index (κ3) is 7.77. The standard InChI is InChI=1S/C17H32N4O3/c1-12(2)7-4-5-10-19-15(22)11-14-17(24)20-13(16(23)21-14)8-6-9-18-3/h12-14,18H,4-11H2,1-3H3,(H,19,22)(H,20,24)(H,21,23)/t13-,14-/m1/s1. The molecule has 1 aliphatic rings. The Bertz CT molecular complexity index is 426. The molecule has 0 spiro atoms. The third-order valence-electron chi connectivity index (χ3n) is 4.11. The second-order valence-corrected chi connectivity index (χ2v) is 6.81. The summed E-state index contributed by atoms with van der Waals surface area (Å²) in [5.41, 5.74) is 0. The van der Waals surface area contributed by atoms with Crippen molar-refractivity contribution in [3.8, 4) is 0 Å². The summed E-state index contributed by atoms with van der Waals surface area (Å²) in [5, 5.41) is 11.2. The zero-order valence-electron chi connectivity index (χ0n) is 15.1. The molecule has 0 aromatic heterocycles. The number of nitrogens with one attached hydrogen (secondary N) is 4. The Labute approximate surface area is 144 Å². The molecule has 1 saturated heterocycles. The molecule has 1 heterocycles. The van der Waals surface area contributed by atoms with Crippen molar-refractivity contribution in [1.82, 2.24) is 21.3 Å². The predicted molar refractivity (Wildman–Crippen MR) is 93.3 cm³/mol. The molecule has 7 heteroatoms. The highest BCUT2D eigenvalue weighted by Gasteiger charge is 2.34. The quantitative estimate of drug-likeness (QED) is 0.407. The highest BCUT2D eigenvalue weighted by Crippen LogP contribution is 2.07. The van der Waals surface area contributed by atoms with E-state index in [1.807, 2.05) is 7.05 Å². The van der Waals surface area contributed by atoms with Gasteiger partial charge in [-0.1, -0.05) is 26.7 Å². The fraction of sp³-hybridized carbons (Fsp3) is 0.824. The zero-order valence-corrected chi connectivity index (χ0v) is 15.1. The van der Waals surface area contributed by atoms with Crippen molar-refractivity contribution < 1.29 is 14.4 Å². The molecule has 3 amide bonds. The lowest BCUT2D eigenvalue weighted by atomic mass is 10.0. The van der Waals surface area contributed by atoms with E-state index in [0.717, 1.165) is 32.2 Å². The largest absolute Gasteiger partial charge is 0.356 e. The summed E-state index contributed by atoms with van der Waals surface area (Å²) in [6, 6.07) is -1.27. The number of unbranched alkanes of at least 4 members (excludes halogenated alkanes) is 1. The van der Waals surface area contributed by atoms with Gasteiger partial charge >= 0.3 is 0 Å². The minimum atomic E-state index is -0.770. The smallest absolute Gasteiger partial charge is 0.243 e. The van der Waals surface area contributed by atoms with Crippen molar-refractivity contribution >= 4 is 17.7 Å². The summed E-state index contributed by atoms with van der Waals surface area (Å²) in [4.78, 5) is 36.0. The first-order valence-corrected chi connectivity index (χ1v) is 8.96. The summed E-state index contributed by atoms with van der Waals surface area (Å²) in [6.45, 7) is 5.76. The Hall–Kier alpha value is -1.63. The van der Waals surface area contributed by atoms with Crippen LogP contribution in [-0.2, 0) is 14.4 Å². The highest BCUT2D eigenvalue weighted by molar-refractivity contribution is 5.99. The minimum Gasteiger partial charge on any atom is -0.356 e. The van der Waals surface area contributed by atoms with Gasteiger partial charge in [0.1, 0.15) is 12.1 Å². The normalized spacial score (nSPS) is 20.7. The van der Waals surface area contributed by atoms with Crippen LogP contribution in [0.1, 0.15) is 52.4 Å². The Kier molecular flexibility index (Phi) is 9.37. The van der Waals surface area contributed by atoms with Crippen LogP contribution in [0.5, 0.6) is 0 Å². The molecule has 2 atom stereocenters. The van der Waals surface area contributed by atoms with Gasteiger partial charge in [-0.2, -0.15) is 0 Å². The van der Waals surface area contributed by atoms with E-state index in [2.05, 4.69) is 35.1 Å². The number of piperazine rings is 1. The number of rotatable bonds is 11. The molecular formula is C17H32N4O3. The first kappa shape index (κ1) is 20.4. The van der Waals surface area contributed by atoms with Crippen LogP contribution < -0.4 is 21.3 Å². The van der Waals surface area contributed by atoms with Crippen molar-refractivity contribution in [3.05, 3.63) is 0 Å². The first-order chi connectivity index (χ1) is 11.4. The van der Waals surface area contributed by atoms with Crippen LogP contribution in [0.2, 0.25) is 0 Å². The molecule has 1 fully saturated rings. The number of amides is 3. The van der Waals surface area contributed by atoms with Gasteiger partial charge in [0, 0.05) is 6.54 Å². The van der Waals surface area contributed by atoms with Crippen molar-refractivity contribution in [2.45, 2.75) is 64.5 Å². The van der Waals surface area contributed by atoms with Gasteiger partial charge in [0.25, 0.3) is 0 Å². The average Bonchev–Trinajstić information content (AvgIpc) is 2.51. The van der Waals surface area contributed by atoms with Crippen LogP contribution in [0.4, 0.5) is 0 Å². The molecule has 0 aromatic carbocycles. The maximum Gasteiger partial charge on any atom is 0.243 e. The Morgan fingerprint density at radius 3 is 2.38 bits per heavy atom. The van der Waals surface area contributed by atoms with E-state index in [9.17, 15) is 14.4 Å². The maximum absolute atomic E-state index is 12.0. The number of hydrogen-bond acceptors (Lipinski definition) is 4. The van der Waals surface area contributed by atoms with Gasteiger partial charge < -0.3 is 21.3 Å². The zero-order chi connectivity index (χ0) is 17.9. The van der Waals surface area contributed by atoms with Crippen LogP contribution in [0.3, 0.4) is 0 Å². The maximum atomic E-state index is 12.0. The second kappa shape index (κ2) is 11.0. The van der Waals surface area contributed by atoms with Crippen LogP contribution in [0, 0.1) is 5.92 Å². The number of hydrogen-bond donors (Lipinski definition) is 4. The van der Waals surface area contributed by atoms with Crippen molar-refractivity contribution in [2.24, 2.45) is 5.92 Å². The summed E-state index contributed by atoms with van der Waals surface area (Å²) >= 11 is 0. The molecule has 0 saturated carbocycles. The SMILES string of the molecule is CNCCC[C@H]1NC(=O)[C@@H](CC(=O)NCCCCC(C)C)NC1=O. The van der Waals surface area contributed by atoms with Crippen molar-refractivity contribution in [2.75, 3.05) is 20.1 Å². The third-order valence-corrected chi connectivity index (χ3v) is 4.11. The van der Waals surface area contributed by atoms with Gasteiger partial charge in [-0.3, -0.25) is 14.4 Å². The fourth-order valence-corrected chi connectivity index (χ4v) is 2.67. The number of carbonyl (C=O) groups is 3. The molecule has 24 heavy (non-hydrogen) atoms. The number of carbonyl (C=O) groups excluding carboxylic acids is 3. The molecule has 0 aliphatic carbocycles. The molecule has 138 valence electrons. The molecule has 1 aliphatic heterocycles. The lowest BCUT2D eigenvalue weighted by Gasteiger charge is -2.29. The molecule has 4 N–H and O–H groups in total.